The average Bonchev–Trinajstić information content (AvgIpc) is 2.35. The Morgan fingerprint density at radius 1 is 1.16 bits per heavy atom. The van der Waals surface area contributed by atoms with Crippen LogP contribution >= 0.6 is 0 Å². The van der Waals surface area contributed by atoms with E-state index in [1.807, 2.05) is 37.8 Å². The van der Waals surface area contributed by atoms with Gasteiger partial charge in [0.15, 0.2) is 5.78 Å². The van der Waals surface area contributed by atoms with Crippen molar-refractivity contribution in [2.75, 3.05) is 6.61 Å². The van der Waals surface area contributed by atoms with Gasteiger partial charge in [0.2, 0.25) is 0 Å². The fraction of sp³-hybridized carbons (Fsp3) is 0.333. The first kappa shape index (κ1) is 15.4. The van der Waals surface area contributed by atoms with E-state index in [0.717, 1.165) is 0 Å². The summed E-state index contributed by atoms with van der Waals surface area (Å²) in [5.74, 6) is -0.517. The summed E-state index contributed by atoms with van der Waals surface area (Å²) < 4.78 is 4.91. The minimum atomic E-state index is -1.91. The molecule has 0 atom stereocenters. The fourth-order valence-corrected chi connectivity index (χ4v) is 3.05. The molecule has 1 aromatic rings. The monoisotopic (exact) mass is 276 g/mol. The fourth-order valence-electron chi connectivity index (χ4n) is 1.67. The maximum absolute atomic E-state index is 12.5. The molecule has 0 aliphatic rings. The van der Waals surface area contributed by atoms with E-state index in [4.69, 9.17) is 4.74 Å². The van der Waals surface area contributed by atoms with Gasteiger partial charge in [0.25, 0.3) is 0 Å². The molecule has 0 saturated carbocycles. The molecule has 0 N–H and O–H groups in total. The molecule has 0 radical (unpaired) electrons. The van der Waals surface area contributed by atoms with Crippen LogP contribution in [0.2, 0.25) is 19.6 Å². The Labute approximate surface area is 115 Å². The number of esters is 1. The van der Waals surface area contributed by atoms with E-state index < -0.39 is 14.0 Å². The third kappa shape index (κ3) is 4.48. The van der Waals surface area contributed by atoms with Crippen LogP contribution in [0.15, 0.2) is 41.6 Å². The summed E-state index contributed by atoms with van der Waals surface area (Å²) in [4.78, 5) is 24.1. The van der Waals surface area contributed by atoms with Gasteiger partial charge in [-0.3, -0.25) is 4.79 Å². The largest absolute Gasteiger partial charge is 0.463 e. The Hall–Kier alpha value is -1.68. The van der Waals surface area contributed by atoms with Gasteiger partial charge in [0, 0.05) is 11.6 Å². The molecule has 0 unspecified atom stereocenters. The van der Waals surface area contributed by atoms with Gasteiger partial charge in [-0.2, -0.15) is 0 Å². The Morgan fingerprint density at radius 2 is 1.74 bits per heavy atom. The highest BCUT2D eigenvalue weighted by atomic mass is 28.3. The van der Waals surface area contributed by atoms with Crippen LogP contribution in [0.1, 0.15) is 17.3 Å². The molecule has 3 nitrogen and oxygen atoms in total. The summed E-state index contributed by atoms with van der Waals surface area (Å²) in [6.45, 7) is 8.18. The van der Waals surface area contributed by atoms with Crippen LogP contribution in [0.25, 0.3) is 0 Å². The predicted molar refractivity (Wildman–Crippen MR) is 78.8 cm³/mol. The Morgan fingerprint density at radius 3 is 2.21 bits per heavy atom. The SMILES string of the molecule is CCOC(=O)/C=C(\C(=O)c1ccccc1)[Si](C)(C)C. The van der Waals surface area contributed by atoms with Gasteiger partial charge in [-0.1, -0.05) is 50.0 Å². The van der Waals surface area contributed by atoms with Crippen LogP contribution in [0.4, 0.5) is 0 Å². The topological polar surface area (TPSA) is 43.4 Å². The number of rotatable bonds is 5. The molecule has 0 saturated heterocycles. The molecule has 0 aromatic heterocycles. The first-order chi connectivity index (χ1) is 8.86. The van der Waals surface area contributed by atoms with Crippen LogP contribution in [0.3, 0.4) is 0 Å². The number of Topliss-reactive ketones (excluding diaryl/α,β-unsaturated/α-hetero) is 1. The summed E-state index contributed by atoms with van der Waals surface area (Å²) in [6.07, 6.45) is 1.37. The first-order valence-electron chi connectivity index (χ1n) is 6.35. The first-order valence-corrected chi connectivity index (χ1v) is 9.85. The lowest BCUT2D eigenvalue weighted by Gasteiger charge is -2.19. The molecule has 0 spiro atoms. The van der Waals surface area contributed by atoms with Crippen molar-refractivity contribution >= 4 is 19.8 Å². The number of ketones is 1. The van der Waals surface area contributed by atoms with E-state index in [1.165, 1.54) is 6.08 Å². The minimum Gasteiger partial charge on any atom is -0.463 e. The number of hydrogen-bond donors (Lipinski definition) is 0. The summed E-state index contributed by atoms with van der Waals surface area (Å²) >= 11 is 0. The van der Waals surface area contributed by atoms with E-state index in [2.05, 4.69) is 0 Å². The summed E-state index contributed by atoms with van der Waals surface area (Å²) in [5, 5.41) is 0.595. The smallest absolute Gasteiger partial charge is 0.330 e. The minimum absolute atomic E-state index is 0.0761. The van der Waals surface area contributed by atoms with Crippen molar-refractivity contribution in [2.45, 2.75) is 26.6 Å². The molecule has 0 aliphatic heterocycles. The molecule has 0 heterocycles. The maximum Gasteiger partial charge on any atom is 0.330 e. The second kappa shape index (κ2) is 6.47. The quantitative estimate of drug-likeness (QED) is 0.359. The van der Waals surface area contributed by atoms with E-state index in [0.29, 0.717) is 17.4 Å². The molecular weight excluding hydrogens is 256 g/mol. The number of carbonyl (C=O) groups excluding carboxylic acids is 2. The van der Waals surface area contributed by atoms with Crippen LogP contribution < -0.4 is 0 Å². The molecule has 0 fully saturated rings. The molecule has 19 heavy (non-hydrogen) atoms. The van der Waals surface area contributed by atoms with Crippen LogP contribution in [-0.4, -0.2) is 26.4 Å². The molecule has 1 rings (SSSR count). The zero-order chi connectivity index (χ0) is 14.5. The van der Waals surface area contributed by atoms with E-state index >= 15 is 0 Å². The van der Waals surface area contributed by atoms with Crippen molar-refractivity contribution in [3.8, 4) is 0 Å². The Bertz CT molecular complexity index is 484. The van der Waals surface area contributed by atoms with E-state index in [1.54, 1.807) is 19.1 Å². The summed E-state index contributed by atoms with van der Waals surface area (Å²) in [6, 6.07) is 9.03. The lowest BCUT2D eigenvalue weighted by Crippen LogP contribution is -2.30. The van der Waals surface area contributed by atoms with Crippen molar-refractivity contribution in [1.29, 1.82) is 0 Å². The second-order valence-corrected chi connectivity index (χ2v) is 10.3. The van der Waals surface area contributed by atoms with Gasteiger partial charge in [-0.05, 0) is 12.1 Å². The highest BCUT2D eigenvalue weighted by Gasteiger charge is 2.27. The van der Waals surface area contributed by atoms with E-state index in [9.17, 15) is 9.59 Å². The number of allylic oxidation sites excluding steroid dienone is 1. The third-order valence-corrected chi connectivity index (χ3v) is 4.62. The van der Waals surface area contributed by atoms with Crippen molar-refractivity contribution in [3.63, 3.8) is 0 Å². The predicted octanol–water partition coefficient (Wildman–Crippen LogP) is 3.24. The van der Waals surface area contributed by atoms with Gasteiger partial charge in [-0.25, -0.2) is 4.79 Å². The lowest BCUT2D eigenvalue weighted by molar-refractivity contribution is -0.137. The zero-order valence-electron chi connectivity index (χ0n) is 11.9. The van der Waals surface area contributed by atoms with Crippen molar-refractivity contribution in [2.24, 2.45) is 0 Å². The number of ether oxygens (including phenoxy) is 1. The molecular formula is C15H20O3Si. The standard InChI is InChI=1S/C15H20O3Si/c1-5-18-14(16)11-13(19(2,3)4)15(17)12-9-7-6-8-10-12/h6-11H,5H2,1-4H3/b13-11+. The zero-order valence-corrected chi connectivity index (χ0v) is 12.9. The number of carbonyl (C=O) groups is 2. The van der Waals surface area contributed by atoms with Gasteiger partial charge in [-0.15, -0.1) is 0 Å². The van der Waals surface area contributed by atoms with Crippen LogP contribution in [0, 0.1) is 0 Å². The molecule has 4 heteroatoms. The van der Waals surface area contributed by atoms with Gasteiger partial charge >= 0.3 is 5.97 Å². The van der Waals surface area contributed by atoms with Crippen molar-refractivity contribution < 1.29 is 14.3 Å². The summed E-state index contributed by atoms with van der Waals surface area (Å²) in [5.41, 5.74) is 0.612. The van der Waals surface area contributed by atoms with Crippen LogP contribution in [0.5, 0.6) is 0 Å². The number of benzene rings is 1. The maximum atomic E-state index is 12.5. The number of hydrogen-bond acceptors (Lipinski definition) is 3. The second-order valence-electron chi connectivity index (χ2n) is 5.26. The van der Waals surface area contributed by atoms with Gasteiger partial charge in [0.05, 0.1) is 14.7 Å². The van der Waals surface area contributed by atoms with E-state index in [-0.39, 0.29) is 5.78 Å². The molecule has 0 amide bonds. The van der Waals surface area contributed by atoms with Gasteiger partial charge < -0.3 is 4.74 Å². The molecule has 0 aliphatic carbocycles. The van der Waals surface area contributed by atoms with Gasteiger partial charge in [0.1, 0.15) is 0 Å². The Kier molecular flexibility index (Phi) is 5.24. The van der Waals surface area contributed by atoms with Crippen molar-refractivity contribution in [3.05, 3.63) is 47.2 Å². The third-order valence-electron chi connectivity index (χ3n) is 2.64. The summed E-state index contributed by atoms with van der Waals surface area (Å²) in [7, 11) is -1.91. The molecule has 102 valence electrons. The van der Waals surface area contributed by atoms with Crippen molar-refractivity contribution in [1.82, 2.24) is 0 Å². The average molecular weight is 276 g/mol. The normalized spacial score (nSPS) is 12.1. The molecule has 0 bridgehead atoms. The highest BCUT2D eigenvalue weighted by molar-refractivity contribution is 6.88. The van der Waals surface area contributed by atoms with Crippen LogP contribution in [-0.2, 0) is 9.53 Å². The Balaban J connectivity index is 3.13. The highest BCUT2D eigenvalue weighted by Crippen LogP contribution is 2.20. The lowest BCUT2D eigenvalue weighted by atomic mass is 10.1. The molecule has 1 aromatic carbocycles.